The van der Waals surface area contributed by atoms with Crippen molar-refractivity contribution in [3.63, 3.8) is 0 Å². The minimum atomic E-state index is -0.505. The Bertz CT molecular complexity index is 3720. The summed E-state index contributed by atoms with van der Waals surface area (Å²) in [6, 6.07) is 80.2. The Balaban J connectivity index is 1.05. The van der Waals surface area contributed by atoms with E-state index in [0.29, 0.717) is 0 Å². The monoisotopic (exact) mass is 788 g/mol. The molecule has 2 heterocycles. The highest BCUT2D eigenvalue weighted by Crippen LogP contribution is 2.62. The molecule has 0 radical (unpaired) electrons. The molecule has 1 spiro atoms. The summed E-state index contributed by atoms with van der Waals surface area (Å²) in [5.41, 5.74) is 18.5. The number of aromatic nitrogens is 1. The molecule has 62 heavy (non-hydrogen) atoms. The predicted molar refractivity (Wildman–Crippen MR) is 257 cm³/mol. The van der Waals surface area contributed by atoms with Crippen LogP contribution in [-0.2, 0) is 5.41 Å². The van der Waals surface area contributed by atoms with Crippen LogP contribution in [0.15, 0.2) is 223 Å². The minimum Gasteiger partial charge on any atom is -0.456 e. The van der Waals surface area contributed by atoms with E-state index in [-0.39, 0.29) is 0 Å². The summed E-state index contributed by atoms with van der Waals surface area (Å²) in [6.07, 6.45) is 0. The summed E-state index contributed by atoms with van der Waals surface area (Å²) in [4.78, 5) is 2.32. The topological polar surface area (TPSA) is 21.3 Å². The van der Waals surface area contributed by atoms with Crippen LogP contribution >= 0.6 is 0 Å². The third kappa shape index (κ3) is 4.34. The Morgan fingerprint density at radius 2 is 0.935 bits per heavy atom. The molecule has 0 N–H and O–H groups in total. The predicted octanol–water partition coefficient (Wildman–Crippen LogP) is 15.6. The first-order valence-corrected chi connectivity index (χ1v) is 21.4. The molecule has 12 aromatic rings. The lowest BCUT2D eigenvalue weighted by Crippen LogP contribution is -2.30. The molecule has 0 bridgehead atoms. The maximum atomic E-state index is 6.50. The number of rotatable bonds is 5. The van der Waals surface area contributed by atoms with Crippen LogP contribution < -0.4 is 4.90 Å². The fourth-order valence-corrected chi connectivity index (χ4v) is 11.4. The molecule has 0 unspecified atom stereocenters. The molecule has 288 valence electrons. The number of hydrogen-bond acceptors (Lipinski definition) is 2. The van der Waals surface area contributed by atoms with Gasteiger partial charge in [-0.1, -0.05) is 146 Å². The molecule has 2 aromatic heterocycles. The van der Waals surface area contributed by atoms with Crippen LogP contribution in [0.25, 0.3) is 82.5 Å². The average Bonchev–Trinajstić information content (AvgIpc) is 3.98. The molecular formula is C59H36N2O. The van der Waals surface area contributed by atoms with Gasteiger partial charge in [0.1, 0.15) is 11.2 Å². The van der Waals surface area contributed by atoms with E-state index in [1.54, 1.807) is 0 Å². The fraction of sp³-hybridized carbons (Fsp3) is 0.0169. The number of anilines is 3. The van der Waals surface area contributed by atoms with Crippen LogP contribution in [0.4, 0.5) is 17.1 Å². The van der Waals surface area contributed by atoms with E-state index in [0.717, 1.165) is 44.7 Å². The third-order valence-electron chi connectivity index (χ3n) is 13.8. The van der Waals surface area contributed by atoms with Crippen LogP contribution in [0.2, 0.25) is 0 Å². The first-order valence-electron chi connectivity index (χ1n) is 21.4. The van der Waals surface area contributed by atoms with Crippen molar-refractivity contribution >= 4 is 71.6 Å². The number of nitrogens with zero attached hydrogens (tertiary/aromatic N) is 2. The Kier molecular flexibility index (Phi) is 6.76. The van der Waals surface area contributed by atoms with E-state index in [1.807, 2.05) is 6.07 Å². The molecule has 2 aliphatic rings. The highest BCUT2D eigenvalue weighted by molar-refractivity contribution is 6.28. The van der Waals surface area contributed by atoms with Gasteiger partial charge in [0.15, 0.2) is 0 Å². The van der Waals surface area contributed by atoms with Crippen molar-refractivity contribution < 1.29 is 4.42 Å². The Morgan fingerprint density at radius 1 is 0.355 bits per heavy atom. The summed E-state index contributed by atoms with van der Waals surface area (Å²) in [6.45, 7) is 0. The molecule has 3 heteroatoms. The van der Waals surface area contributed by atoms with Gasteiger partial charge in [-0.2, -0.15) is 0 Å². The molecule has 10 aromatic carbocycles. The number of benzene rings is 10. The maximum Gasteiger partial charge on any atom is 0.137 e. The minimum absolute atomic E-state index is 0.505. The van der Waals surface area contributed by atoms with Crippen molar-refractivity contribution in [2.45, 2.75) is 5.41 Å². The third-order valence-corrected chi connectivity index (χ3v) is 13.8. The second-order valence-corrected chi connectivity index (χ2v) is 16.8. The first kappa shape index (κ1) is 33.7. The molecule has 0 atom stereocenters. The normalized spacial score (nSPS) is 13.3. The van der Waals surface area contributed by atoms with Crippen molar-refractivity contribution in [3.05, 3.63) is 241 Å². The van der Waals surface area contributed by atoms with Gasteiger partial charge in [0.2, 0.25) is 0 Å². The van der Waals surface area contributed by atoms with Gasteiger partial charge >= 0.3 is 0 Å². The van der Waals surface area contributed by atoms with Crippen molar-refractivity contribution in [3.8, 4) is 27.9 Å². The zero-order valence-electron chi connectivity index (χ0n) is 33.6. The van der Waals surface area contributed by atoms with Gasteiger partial charge in [0, 0.05) is 50.4 Å². The summed E-state index contributed by atoms with van der Waals surface area (Å²) in [5, 5.41) is 7.46. The summed E-state index contributed by atoms with van der Waals surface area (Å²) in [7, 11) is 0. The van der Waals surface area contributed by atoms with E-state index in [4.69, 9.17) is 4.42 Å². The molecule has 0 fully saturated rings. The number of para-hydroxylation sites is 3. The van der Waals surface area contributed by atoms with Crippen LogP contribution in [0, 0.1) is 0 Å². The zero-order valence-corrected chi connectivity index (χ0v) is 33.6. The van der Waals surface area contributed by atoms with Crippen LogP contribution in [0.1, 0.15) is 22.3 Å². The van der Waals surface area contributed by atoms with Gasteiger partial charge in [-0.25, -0.2) is 0 Å². The second-order valence-electron chi connectivity index (χ2n) is 16.8. The van der Waals surface area contributed by atoms with Gasteiger partial charge < -0.3 is 13.9 Å². The van der Waals surface area contributed by atoms with Crippen molar-refractivity contribution in [1.82, 2.24) is 4.57 Å². The maximum absolute atomic E-state index is 6.50. The number of fused-ring (bicyclic) bond motifs is 10. The summed E-state index contributed by atoms with van der Waals surface area (Å²) >= 11 is 0. The van der Waals surface area contributed by atoms with E-state index >= 15 is 0 Å². The molecule has 3 nitrogen and oxygen atoms in total. The van der Waals surface area contributed by atoms with Gasteiger partial charge in [-0.3, -0.25) is 0 Å². The SMILES string of the molecule is c1ccc(N(c2ccccc2)c2ccc(-c3ccc4c5c3ccc3c5c5c(cccc5n3-c3ccc5c(c3)oc3ccccc35)C43c4ccccc4-c4ccccc43)cc2)cc1. The van der Waals surface area contributed by atoms with Crippen LogP contribution in [0.3, 0.4) is 0 Å². The fourth-order valence-electron chi connectivity index (χ4n) is 11.4. The Hall–Kier alpha value is -8.14. The molecule has 0 aliphatic heterocycles. The molecule has 0 amide bonds. The van der Waals surface area contributed by atoms with E-state index in [2.05, 4.69) is 222 Å². The largest absolute Gasteiger partial charge is 0.456 e. The van der Waals surface area contributed by atoms with Crippen molar-refractivity contribution in [2.75, 3.05) is 4.90 Å². The number of hydrogen-bond donors (Lipinski definition) is 0. The summed E-state index contributed by atoms with van der Waals surface area (Å²) in [5.74, 6) is 0. The Morgan fingerprint density at radius 3 is 1.68 bits per heavy atom. The van der Waals surface area contributed by atoms with Crippen LogP contribution in [0.5, 0.6) is 0 Å². The molecule has 0 saturated carbocycles. The molecular weight excluding hydrogens is 753 g/mol. The van der Waals surface area contributed by atoms with Crippen molar-refractivity contribution in [1.29, 1.82) is 0 Å². The number of furan rings is 1. The van der Waals surface area contributed by atoms with Gasteiger partial charge in [-0.15, -0.1) is 0 Å². The quantitative estimate of drug-likeness (QED) is 0.173. The lowest BCUT2D eigenvalue weighted by molar-refractivity contribution is 0.668. The van der Waals surface area contributed by atoms with E-state index in [1.165, 1.54) is 77.1 Å². The Labute approximate surface area is 358 Å². The van der Waals surface area contributed by atoms with Crippen LogP contribution in [-0.4, -0.2) is 4.57 Å². The van der Waals surface area contributed by atoms with Gasteiger partial charge in [-0.05, 0) is 122 Å². The standard InChI is InChI=1S/C59H36N2O/c1-3-14-38(15-4-1)60(39-16-5-2-6-17-39)40-28-26-37(27-29-40)42-32-34-51-56-47(42)33-35-53-58(56)57-50(59(51)48-21-10-7-18-43(48)44-19-8-11-22-49(44)59)23-13-24-52(57)61(53)41-30-31-46-45-20-9-12-25-54(45)62-55(46)36-41/h1-36H. The molecule has 2 aliphatic carbocycles. The van der Waals surface area contributed by atoms with Crippen molar-refractivity contribution in [2.24, 2.45) is 0 Å². The van der Waals surface area contributed by atoms with Gasteiger partial charge in [0.25, 0.3) is 0 Å². The zero-order chi connectivity index (χ0) is 40.5. The lowest BCUT2D eigenvalue weighted by Gasteiger charge is -2.38. The van der Waals surface area contributed by atoms with E-state index < -0.39 is 5.41 Å². The highest BCUT2D eigenvalue weighted by atomic mass is 16.3. The summed E-state index contributed by atoms with van der Waals surface area (Å²) < 4.78 is 8.97. The molecule has 14 rings (SSSR count). The first-order chi connectivity index (χ1) is 30.8. The highest BCUT2D eigenvalue weighted by Gasteiger charge is 2.50. The average molecular weight is 789 g/mol. The lowest BCUT2D eigenvalue weighted by atomic mass is 9.63. The van der Waals surface area contributed by atoms with E-state index in [9.17, 15) is 0 Å². The molecule has 0 saturated heterocycles. The van der Waals surface area contributed by atoms with Gasteiger partial charge in [0.05, 0.1) is 16.4 Å². The second kappa shape index (κ2) is 12.4. The smallest absolute Gasteiger partial charge is 0.137 e.